The molecule has 4 heterocycles. The van der Waals surface area contributed by atoms with Gasteiger partial charge in [-0.25, -0.2) is 14.8 Å². The number of carbonyl (C=O) groups is 2. The normalized spacial score (nSPS) is 16.8. The first-order valence-corrected chi connectivity index (χ1v) is 11.8. The molecular weight excluding hydrogens is 440 g/mol. The van der Waals surface area contributed by atoms with Gasteiger partial charge in [-0.15, -0.1) is 11.3 Å². The number of rotatable bonds is 3. The number of nitrogens with zero attached hydrogens (tertiary/aromatic N) is 5. The molecular formula is C23H30N6O3S. The lowest BCUT2D eigenvalue weighted by Crippen LogP contribution is -2.42. The largest absolute Gasteiger partial charge is 0.444 e. The van der Waals surface area contributed by atoms with Crippen LogP contribution in [-0.4, -0.2) is 69.0 Å². The molecule has 1 saturated heterocycles. The molecule has 4 rings (SSSR count). The van der Waals surface area contributed by atoms with Crippen LogP contribution in [-0.2, 0) is 4.74 Å². The Labute approximate surface area is 197 Å². The van der Waals surface area contributed by atoms with E-state index in [1.165, 1.54) is 11.3 Å². The first-order valence-electron chi connectivity index (χ1n) is 11.0. The molecule has 33 heavy (non-hydrogen) atoms. The number of anilines is 1. The van der Waals surface area contributed by atoms with Crippen LogP contribution in [0.2, 0.25) is 0 Å². The summed E-state index contributed by atoms with van der Waals surface area (Å²) < 4.78 is 7.49. The minimum Gasteiger partial charge on any atom is -0.444 e. The van der Waals surface area contributed by atoms with Crippen LogP contribution in [0.4, 0.5) is 10.6 Å². The number of ether oxygens (including phenoxy) is 1. The summed E-state index contributed by atoms with van der Waals surface area (Å²) in [5, 5.41) is 1.84. The fourth-order valence-corrected chi connectivity index (χ4v) is 4.83. The van der Waals surface area contributed by atoms with E-state index in [9.17, 15) is 9.59 Å². The molecule has 9 nitrogen and oxygen atoms in total. The smallest absolute Gasteiger partial charge is 0.410 e. The summed E-state index contributed by atoms with van der Waals surface area (Å²) in [7, 11) is 3.46. The van der Waals surface area contributed by atoms with Gasteiger partial charge in [0.1, 0.15) is 5.60 Å². The number of hydrogen-bond donors (Lipinski definition) is 1. The van der Waals surface area contributed by atoms with Gasteiger partial charge in [-0.1, -0.05) is 0 Å². The van der Waals surface area contributed by atoms with Crippen molar-refractivity contribution >= 4 is 34.8 Å². The maximum atomic E-state index is 12.6. The van der Waals surface area contributed by atoms with Gasteiger partial charge in [-0.05, 0) is 39.7 Å². The average Bonchev–Trinajstić information content (AvgIpc) is 3.41. The highest BCUT2D eigenvalue weighted by atomic mass is 32.1. The third kappa shape index (κ3) is 4.80. The van der Waals surface area contributed by atoms with Crippen LogP contribution in [0.1, 0.15) is 55.6 Å². The number of fused-ring (bicyclic) bond motifs is 1. The van der Waals surface area contributed by atoms with Gasteiger partial charge in [0.05, 0.1) is 28.0 Å². The van der Waals surface area contributed by atoms with E-state index in [0.717, 1.165) is 29.1 Å². The number of imidazole rings is 1. The molecule has 1 aliphatic heterocycles. The molecule has 0 radical (unpaired) electrons. The number of nitrogen functional groups attached to an aromatic ring is 1. The van der Waals surface area contributed by atoms with Crippen molar-refractivity contribution in [1.29, 1.82) is 0 Å². The van der Waals surface area contributed by atoms with Crippen LogP contribution < -0.4 is 5.73 Å². The molecule has 176 valence electrons. The zero-order chi connectivity index (χ0) is 23.9. The van der Waals surface area contributed by atoms with Gasteiger partial charge < -0.3 is 20.3 Å². The first kappa shape index (κ1) is 23.0. The van der Waals surface area contributed by atoms with Crippen molar-refractivity contribution in [2.24, 2.45) is 0 Å². The van der Waals surface area contributed by atoms with Crippen molar-refractivity contribution in [3.8, 4) is 10.6 Å². The van der Waals surface area contributed by atoms with E-state index in [1.807, 2.05) is 42.8 Å². The minimum atomic E-state index is -0.532. The average molecular weight is 471 g/mol. The van der Waals surface area contributed by atoms with Crippen LogP contribution >= 0.6 is 11.3 Å². The van der Waals surface area contributed by atoms with Crippen LogP contribution in [0.15, 0.2) is 23.8 Å². The minimum absolute atomic E-state index is 0.0482. The van der Waals surface area contributed by atoms with E-state index >= 15 is 0 Å². The summed E-state index contributed by atoms with van der Waals surface area (Å²) in [5.74, 6) is 0.367. The summed E-state index contributed by atoms with van der Waals surface area (Å²) in [6, 6.07) is 1.87. The fraction of sp³-hybridized carbons (Fsp3) is 0.478. The summed E-state index contributed by atoms with van der Waals surface area (Å²) in [6.45, 7) is 6.82. The van der Waals surface area contributed by atoms with E-state index in [4.69, 9.17) is 15.5 Å². The molecule has 1 fully saturated rings. The zero-order valence-electron chi connectivity index (χ0n) is 19.7. The van der Waals surface area contributed by atoms with Gasteiger partial charge in [0, 0.05) is 44.7 Å². The van der Waals surface area contributed by atoms with Crippen LogP contribution in [0.25, 0.3) is 16.2 Å². The van der Waals surface area contributed by atoms with Gasteiger partial charge in [0.2, 0.25) is 0 Å². The Morgan fingerprint density at radius 3 is 2.76 bits per heavy atom. The predicted octanol–water partition coefficient (Wildman–Crippen LogP) is 3.86. The number of aromatic nitrogens is 3. The molecule has 0 bridgehead atoms. The summed E-state index contributed by atoms with van der Waals surface area (Å²) in [4.78, 5) is 38.2. The van der Waals surface area contributed by atoms with Crippen LogP contribution in [0, 0.1) is 0 Å². The van der Waals surface area contributed by atoms with E-state index in [1.54, 1.807) is 30.1 Å². The highest BCUT2D eigenvalue weighted by Gasteiger charge is 2.30. The van der Waals surface area contributed by atoms with Crippen molar-refractivity contribution in [3.05, 3.63) is 35.1 Å². The molecule has 3 aromatic heterocycles. The molecule has 1 atom stereocenters. The molecule has 0 saturated carbocycles. The van der Waals surface area contributed by atoms with Crippen molar-refractivity contribution in [1.82, 2.24) is 24.2 Å². The number of likely N-dealkylation sites (tertiary alicyclic amines) is 1. The van der Waals surface area contributed by atoms with Crippen LogP contribution in [0.5, 0.6) is 0 Å². The second-order valence-electron chi connectivity index (χ2n) is 9.55. The second-order valence-corrected chi connectivity index (χ2v) is 10.5. The lowest BCUT2D eigenvalue weighted by Gasteiger charge is -2.33. The molecule has 0 aliphatic carbocycles. The van der Waals surface area contributed by atoms with Crippen molar-refractivity contribution in [2.75, 3.05) is 32.9 Å². The highest BCUT2D eigenvalue weighted by molar-refractivity contribution is 7.13. The van der Waals surface area contributed by atoms with E-state index in [-0.39, 0.29) is 17.9 Å². The SMILES string of the molecule is CN(C)C(=O)c1csc(-c2cnc(N)c3nc(C4CCCN(C(=O)OC(C)(C)C)C4)cn23)c1. The highest BCUT2D eigenvalue weighted by Crippen LogP contribution is 2.32. The zero-order valence-corrected chi connectivity index (χ0v) is 20.5. The van der Waals surface area contributed by atoms with Crippen molar-refractivity contribution in [3.63, 3.8) is 0 Å². The maximum absolute atomic E-state index is 12.6. The van der Waals surface area contributed by atoms with E-state index in [0.29, 0.717) is 30.1 Å². The summed E-state index contributed by atoms with van der Waals surface area (Å²) >= 11 is 1.48. The van der Waals surface area contributed by atoms with E-state index < -0.39 is 5.60 Å². The predicted molar refractivity (Wildman–Crippen MR) is 129 cm³/mol. The lowest BCUT2D eigenvalue weighted by molar-refractivity contribution is 0.0197. The molecule has 2 N–H and O–H groups in total. The van der Waals surface area contributed by atoms with Gasteiger partial charge >= 0.3 is 6.09 Å². The Bertz CT molecular complexity index is 1190. The molecule has 2 amide bonds. The number of thiophene rings is 1. The van der Waals surface area contributed by atoms with Crippen molar-refractivity contribution in [2.45, 2.75) is 45.1 Å². The molecule has 0 aromatic carbocycles. The Kier molecular flexibility index (Phi) is 6.04. The molecule has 0 spiro atoms. The maximum Gasteiger partial charge on any atom is 0.410 e. The number of nitrogens with two attached hydrogens (primary N) is 1. The number of amides is 2. The van der Waals surface area contributed by atoms with Gasteiger partial charge in [0.25, 0.3) is 5.91 Å². The standard InChI is InChI=1S/C23H30N6O3S/c1-23(2,3)32-22(31)28-8-6-7-14(11-28)16-12-29-17(10-25-19(24)20(29)26-16)18-9-15(13-33-18)21(30)27(4)5/h9-10,12-14H,6-8,11H2,1-5H3,(H2,24,25). The topological polar surface area (TPSA) is 106 Å². The Balaban J connectivity index is 1.64. The monoisotopic (exact) mass is 470 g/mol. The van der Waals surface area contributed by atoms with E-state index in [2.05, 4.69) is 4.98 Å². The Morgan fingerprint density at radius 1 is 1.30 bits per heavy atom. The molecule has 3 aromatic rings. The molecule has 1 unspecified atom stereocenters. The Hall–Kier alpha value is -3.14. The molecule has 1 aliphatic rings. The summed E-state index contributed by atoms with van der Waals surface area (Å²) in [5.41, 5.74) is 8.51. The third-order valence-electron chi connectivity index (χ3n) is 5.54. The number of hydrogen-bond acceptors (Lipinski definition) is 7. The van der Waals surface area contributed by atoms with Gasteiger partial charge in [-0.3, -0.25) is 9.20 Å². The lowest BCUT2D eigenvalue weighted by atomic mass is 9.95. The molecule has 10 heteroatoms. The van der Waals surface area contributed by atoms with Gasteiger partial charge in [-0.2, -0.15) is 0 Å². The van der Waals surface area contributed by atoms with Crippen molar-refractivity contribution < 1.29 is 14.3 Å². The first-order chi connectivity index (χ1) is 15.5. The van der Waals surface area contributed by atoms with Crippen LogP contribution in [0.3, 0.4) is 0 Å². The quantitative estimate of drug-likeness (QED) is 0.623. The second kappa shape index (κ2) is 8.66. The fourth-order valence-electron chi connectivity index (χ4n) is 3.94. The summed E-state index contributed by atoms with van der Waals surface area (Å²) in [6.07, 6.45) is 5.18. The Morgan fingerprint density at radius 2 is 2.06 bits per heavy atom. The number of piperidine rings is 1. The van der Waals surface area contributed by atoms with Gasteiger partial charge in [0.15, 0.2) is 11.5 Å². The third-order valence-corrected chi connectivity index (χ3v) is 6.49. The number of carbonyl (C=O) groups excluding carboxylic acids is 2.